The Bertz CT molecular complexity index is 596. The number of carboxylic acid groups (broad SMARTS) is 1. The van der Waals surface area contributed by atoms with Crippen LogP contribution in [0.15, 0.2) is 35.8 Å². The van der Waals surface area contributed by atoms with Gasteiger partial charge in [0.05, 0.1) is 6.54 Å². The molecule has 0 atom stereocenters. The van der Waals surface area contributed by atoms with Crippen LogP contribution >= 0.6 is 11.3 Å². The van der Waals surface area contributed by atoms with Gasteiger partial charge >= 0.3 is 12.0 Å². The second-order valence-corrected chi connectivity index (χ2v) is 5.30. The highest BCUT2D eigenvalue weighted by Gasteiger charge is 2.04. The number of hydrogen-bond donors (Lipinski definition) is 3. The zero-order valence-electron chi connectivity index (χ0n) is 11.2. The smallest absolute Gasteiger partial charge is 0.319 e. The molecule has 2 rings (SSSR count). The number of carbonyl (C=O) groups is 2. The van der Waals surface area contributed by atoms with Crippen LogP contribution in [-0.4, -0.2) is 22.1 Å². The summed E-state index contributed by atoms with van der Waals surface area (Å²) >= 11 is 1.48. The molecular weight excluding hydrogens is 290 g/mol. The summed E-state index contributed by atoms with van der Waals surface area (Å²) in [6.45, 7) is 0.389. The normalized spacial score (nSPS) is 10.1. The first-order valence-electron chi connectivity index (χ1n) is 6.37. The summed E-state index contributed by atoms with van der Waals surface area (Å²) in [5, 5.41) is 16.7. The van der Waals surface area contributed by atoms with Crippen LogP contribution in [0.2, 0.25) is 0 Å². The van der Waals surface area contributed by atoms with E-state index in [-0.39, 0.29) is 12.5 Å². The number of amides is 2. The van der Waals surface area contributed by atoms with Crippen LogP contribution < -0.4 is 10.6 Å². The number of nitrogens with zero attached hydrogens (tertiary/aromatic N) is 1. The van der Waals surface area contributed by atoms with Gasteiger partial charge in [-0.25, -0.2) is 9.78 Å². The summed E-state index contributed by atoms with van der Waals surface area (Å²) in [5.41, 5.74) is 1.58. The molecule has 0 aliphatic rings. The highest BCUT2D eigenvalue weighted by atomic mass is 32.1. The van der Waals surface area contributed by atoms with Gasteiger partial charge in [-0.05, 0) is 24.1 Å². The number of anilines is 1. The van der Waals surface area contributed by atoms with E-state index in [0.717, 1.165) is 10.6 Å². The van der Waals surface area contributed by atoms with E-state index in [1.54, 1.807) is 30.5 Å². The molecule has 2 aromatic rings. The van der Waals surface area contributed by atoms with E-state index in [1.165, 1.54) is 11.3 Å². The number of aliphatic carboxylic acids is 1. The fourth-order valence-corrected chi connectivity index (χ4v) is 2.23. The van der Waals surface area contributed by atoms with Crippen LogP contribution in [0.4, 0.5) is 10.5 Å². The number of carboxylic acids is 1. The standard InChI is InChI=1S/C14H15N3O3S/c18-13(19)6-3-10-1-4-11(5-2-10)17-14(20)16-9-12-15-7-8-21-12/h1-2,4-5,7-8H,3,6,9H2,(H,18,19)(H2,16,17,20). The monoisotopic (exact) mass is 305 g/mol. The summed E-state index contributed by atoms with van der Waals surface area (Å²) in [6, 6.07) is 6.81. The Morgan fingerprint density at radius 2 is 2.00 bits per heavy atom. The van der Waals surface area contributed by atoms with Gasteiger partial charge in [-0.1, -0.05) is 12.1 Å². The first kappa shape index (κ1) is 15.0. The van der Waals surface area contributed by atoms with Crippen molar-refractivity contribution in [2.45, 2.75) is 19.4 Å². The third kappa shape index (κ3) is 5.23. The first-order valence-corrected chi connectivity index (χ1v) is 7.25. The summed E-state index contributed by atoms with van der Waals surface area (Å²) in [7, 11) is 0. The number of urea groups is 1. The molecule has 0 saturated heterocycles. The van der Waals surface area contributed by atoms with Crippen molar-refractivity contribution in [1.82, 2.24) is 10.3 Å². The van der Waals surface area contributed by atoms with Gasteiger partial charge in [-0.2, -0.15) is 0 Å². The average molecular weight is 305 g/mol. The molecule has 1 aromatic carbocycles. The zero-order valence-corrected chi connectivity index (χ0v) is 12.0. The van der Waals surface area contributed by atoms with E-state index < -0.39 is 5.97 Å². The lowest BCUT2D eigenvalue weighted by atomic mass is 10.1. The summed E-state index contributed by atoms with van der Waals surface area (Å²) < 4.78 is 0. The molecule has 0 spiro atoms. The Morgan fingerprint density at radius 1 is 1.24 bits per heavy atom. The van der Waals surface area contributed by atoms with E-state index >= 15 is 0 Å². The lowest BCUT2D eigenvalue weighted by molar-refractivity contribution is -0.136. The maximum Gasteiger partial charge on any atom is 0.319 e. The Kier molecular flexibility index (Phi) is 5.28. The van der Waals surface area contributed by atoms with Crippen LogP contribution in [0.1, 0.15) is 17.0 Å². The number of aromatic nitrogens is 1. The second-order valence-electron chi connectivity index (χ2n) is 4.32. The van der Waals surface area contributed by atoms with Crippen molar-refractivity contribution in [3.63, 3.8) is 0 Å². The third-order valence-electron chi connectivity index (χ3n) is 2.72. The molecule has 1 aromatic heterocycles. The van der Waals surface area contributed by atoms with E-state index in [1.807, 2.05) is 5.38 Å². The first-order chi connectivity index (χ1) is 10.1. The minimum Gasteiger partial charge on any atom is -0.481 e. The molecule has 0 saturated carbocycles. The minimum absolute atomic E-state index is 0.0983. The molecule has 0 bridgehead atoms. The number of benzene rings is 1. The lowest BCUT2D eigenvalue weighted by Crippen LogP contribution is -2.28. The Balaban J connectivity index is 1.79. The van der Waals surface area contributed by atoms with Gasteiger partial charge in [0.25, 0.3) is 0 Å². The fourth-order valence-electron chi connectivity index (χ4n) is 1.68. The third-order valence-corrected chi connectivity index (χ3v) is 3.50. The number of rotatable bonds is 6. The quantitative estimate of drug-likeness (QED) is 0.764. The van der Waals surface area contributed by atoms with Gasteiger partial charge in [-0.3, -0.25) is 4.79 Å². The van der Waals surface area contributed by atoms with Gasteiger partial charge in [0, 0.05) is 23.7 Å². The SMILES string of the molecule is O=C(O)CCc1ccc(NC(=O)NCc2nccs2)cc1. The molecule has 1 heterocycles. The molecule has 0 fully saturated rings. The van der Waals surface area contributed by atoms with Crippen LogP contribution in [-0.2, 0) is 17.8 Å². The van der Waals surface area contributed by atoms with Gasteiger partial charge in [0.1, 0.15) is 5.01 Å². The number of carbonyl (C=O) groups excluding carboxylic acids is 1. The van der Waals surface area contributed by atoms with Crippen LogP contribution in [0, 0.1) is 0 Å². The zero-order chi connectivity index (χ0) is 15.1. The van der Waals surface area contributed by atoms with Gasteiger partial charge in [-0.15, -0.1) is 11.3 Å². The molecule has 0 unspecified atom stereocenters. The van der Waals surface area contributed by atoms with Gasteiger partial charge in [0.15, 0.2) is 0 Å². The maximum absolute atomic E-state index is 11.7. The molecule has 2 amide bonds. The Labute approximate surface area is 125 Å². The van der Waals surface area contributed by atoms with Crippen LogP contribution in [0.25, 0.3) is 0 Å². The van der Waals surface area contributed by atoms with Crippen molar-refractivity contribution in [2.24, 2.45) is 0 Å². The number of aryl methyl sites for hydroxylation is 1. The fraction of sp³-hybridized carbons (Fsp3) is 0.214. The number of thiazole rings is 1. The largest absolute Gasteiger partial charge is 0.481 e. The second kappa shape index (κ2) is 7.39. The molecule has 21 heavy (non-hydrogen) atoms. The molecule has 0 radical (unpaired) electrons. The van der Waals surface area contributed by atoms with E-state index in [0.29, 0.717) is 18.7 Å². The summed E-state index contributed by atoms with van der Waals surface area (Å²) in [4.78, 5) is 26.2. The van der Waals surface area contributed by atoms with Gasteiger partial charge < -0.3 is 15.7 Å². The molecule has 7 heteroatoms. The summed E-state index contributed by atoms with van der Waals surface area (Å²) in [6.07, 6.45) is 2.27. The predicted octanol–water partition coefficient (Wildman–Crippen LogP) is 2.48. The van der Waals surface area contributed by atoms with E-state index in [4.69, 9.17) is 5.11 Å². The number of nitrogens with one attached hydrogen (secondary N) is 2. The highest BCUT2D eigenvalue weighted by Crippen LogP contribution is 2.11. The molecular formula is C14H15N3O3S. The molecule has 6 nitrogen and oxygen atoms in total. The lowest BCUT2D eigenvalue weighted by Gasteiger charge is -2.07. The Morgan fingerprint density at radius 3 is 2.62 bits per heavy atom. The predicted molar refractivity (Wildman–Crippen MR) is 80.4 cm³/mol. The van der Waals surface area contributed by atoms with Crippen LogP contribution in [0.3, 0.4) is 0 Å². The number of hydrogen-bond acceptors (Lipinski definition) is 4. The van der Waals surface area contributed by atoms with Crippen molar-refractivity contribution in [3.05, 3.63) is 46.4 Å². The van der Waals surface area contributed by atoms with Crippen molar-refractivity contribution in [3.8, 4) is 0 Å². The van der Waals surface area contributed by atoms with Crippen LogP contribution in [0.5, 0.6) is 0 Å². The topological polar surface area (TPSA) is 91.3 Å². The van der Waals surface area contributed by atoms with Crippen molar-refractivity contribution >= 4 is 29.0 Å². The molecule has 110 valence electrons. The molecule has 3 N–H and O–H groups in total. The minimum atomic E-state index is -0.821. The van der Waals surface area contributed by atoms with Crippen molar-refractivity contribution in [1.29, 1.82) is 0 Å². The van der Waals surface area contributed by atoms with E-state index in [2.05, 4.69) is 15.6 Å². The molecule has 0 aliphatic heterocycles. The maximum atomic E-state index is 11.7. The van der Waals surface area contributed by atoms with E-state index in [9.17, 15) is 9.59 Å². The summed E-state index contributed by atoms with van der Waals surface area (Å²) in [5.74, 6) is -0.821. The van der Waals surface area contributed by atoms with Crippen molar-refractivity contribution in [2.75, 3.05) is 5.32 Å². The van der Waals surface area contributed by atoms with Gasteiger partial charge in [0.2, 0.25) is 0 Å². The highest BCUT2D eigenvalue weighted by molar-refractivity contribution is 7.09. The van der Waals surface area contributed by atoms with Crippen molar-refractivity contribution < 1.29 is 14.7 Å². The Hall–Kier alpha value is -2.41. The molecule has 0 aliphatic carbocycles. The average Bonchev–Trinajstić information content (AvgIpc) is 2.98.